The Morgan fingerprint density at radius 2 is 1.37 bits per heavy atom. The van der Waals surface area contributed by atoms with Gasteiger partial charge in [0.1, 0.15) is 42.0 Å². The fourth-order valence-electron chi connectivity index (χ4n) is 14.6. The molecule has 12 atom stereocenters. The summed E-state index contributed by atoms with van der Waals surface area (Å²) in [5.41, 5.74) is -2.34. The van der Waals surface area contributed by atoms with Crippen molar-refractivity contribution in [3.8, 4) is 0 Å². The van der Waals surface area contributed by atoms with Gasteiger partial charge in [-0.15, -0.1) is 0 Å². The third-order valence-electron chi connectivity index (χ3n) is 21.5. The van der Waals surface area contributed by atoms with Crippen molar-refractivity contribution >= 4 is 76.5 Å². The Morgan fingerprint density at radius 1 is 0.730 bits per heavy atom. The highest BCUT2D eigenvalue weighted by Crippen LogP contribution is 2.37. The van der Waals surface area contributed by atoms with E-state index in [0.717, 1.165) is 28.4 Å². The van der Waals surface area contributed by atoms with Gasteiger partial charge in [0, 0.05) is 68.0 Å². The Hall–Kier alpha value is -6.49. The molecule has 29 heteroatoms. The molecule has 5 fully saturated rings. The van der Waals surface area contributed by atoms with Crippen LogP contribution in [0.5, 0.6) is 0 Å². The number of Topliss-reactive ketones (excluding diaryl/α,β-unsaturated/α-hetero) is 1. The first-order valence-electron chi connectivity index (χ1n) is 36.0. The number of carbonyl (C=O) groups excluding carboxylic acids is 11. The van der Waals surface area contributed by atoms with Gasteiger partial charge in [0.05, 0.1) is 60.9 Å². The van der Waals surface area contributed by atoms with E-state index >= 15 is 24.0 Å². The number of likely N-dealkylation sites (tertiary alicyclic amines) is 1. The van der Waals surface area contributed by atoms with Gasteiger partial charge in [0.15, 0.2) is 5.78 Å². The van der Waals surface area contributed by atoms with E-state index in [0.29, 0.717) is 64.5 Å². The summed E-state index contributed by atoms with van der Waals surface area (Å²) in [4.78, 5) is 175. The maximum atomic E-state index is 15.6. The largest absolute Gasteiger partial charge is 0.417 e. The average molecular weight is 1430 g/mol. The summed E-state index contributed by atoms with van der Waals surface area (Å²) in [7, 11) is 8.70. The van der Waals surface area contributed by atoms with Crippen molar-refractivity contribution in [1.82, 2.24) is 60.0 Å². The number of alkyl halides is 3. The molecule has 1 saturated carbocycles. The number of likely N-dealkylation sites (N-methyl/N-ethyl adjacent to an activating group) is 6. The monoisotopic (exact) mass is 1430 g/mol. The number of ether oxygens (including phenoxy) is 1. The molecule has 25 nitrogen and oxygen atoms in total. The first-order chi connectivity index (χ1) is 47.1. The summed E-state index contributed by atoms with van der Waals surface area (Å²) in [5.74, 6) is -7.61. The standard InChI is InChI=1S/C71H112ClF3N12O13/c1-15-36-100-42-55-64(94)79(9)41-57(89)77-50(28-26-47-25-27-48(49(72)38-47)71(73,74)75)63(93)86-34-23-24-51(86)61(91)78-70(30-19-20-31-70)69(99)84(14)60(45(7)17-3)68(98)82(12)54(66(96)85-32-21-18-22-33-85)39-58(90)81(11)53(37-43(4)5)56(88)40-76-59(44(6)16-2)67(97)80(10)46(8)62(92)87-35-29-52(87)65(95)83(55)13/h25,27,38,43-46,50-55,59-60,68,76,98H,15-24,26,28-37,39-42H2,1-14H3,(H,77,89)(H,78,91)/t44-,45-,46-,50-,51-,52-,53-,54-,55-,59-,60-,68?/m0/s1. The van der Waals surface area contributed by atoms with E-state index in [2.05, 4.69) is 16.0 Å². The number of ketones is 1. The molecule has 1 spiro atoms. The van der Waals surface area contributed by atoms with E-state index in [1.165, 1.54) is 84.7 Å². The van der Waals surface area contributed by atoms with Crippen LogP contribution >= 0.6 is 11.6 Å². The zero-order valence-electron chi connectivity index (χ0n) is 61.3. The summed E-state index contributed by atoms with van der Waals surface area (Å²) < 4.78 is 47.4. The van der Waals surface area contributed by atoms with Gasteiger partial charge >= 0.3 is 6.18 Å². The van der Waals surface area contributed by atoms with Crippen LogP contribution < -0.4 is 16.0 Å². The van der Waals surface area contributed by atoms with Gasteiger partial charge in [-0.2, -0.15) is 13.2 Å². The van der Waals surface area contributed by atoms with E-state index in [1.54, 1.807) is 4.90 Å². The van der Waals surface area contributed by atoms with Gasteiger partial charge in [-0.05, 0) is 126 Å². The number of fused-ring (bicyclic) bond motifs is 2. The van der Waals surface area contributed by atoms with Gasteiger partial charge in [0.2, 0.25) is 59.1 Å². The van der Waals surface area contributed by atoms with E-state index in [-0.39, 0.29) is 95.2 Å². The predicted octanol–water partition coefficient (Wildman–Crippen LogP) is 4.71. The van der Waals surface area contributed by atoms with Crippen molar-refractivity contribution in [2.24, 2.45) is 17.8 Å². The molecule has 1 unspecified atom stereocenters. The first kappa shape index (κ1) is 82.5. The molecular weight excluding hydrogens is 1320 g/mol. The molecule has 10 amide bonds. The van der Waals surface area contributed by atoms with Gasteiger partial charge in [-0.25, -0.2) is 0 Å². The maximum Gasteiger partial charge on any atom is 0.417 e. The lowest BCUT2D eigenvalue weighted by atomic mass is 9.90. The van der Waals surface area contributed by atoms with Crippen molar-refractivity contribution in [3.63, 3.8) is 0 Å². The van der Waals surface area contributed by atoms with Crippen LogP contribution in [0.15, 0.2) is 18.2 Å². The van der Waals surface area contributed by atoms with Crippen molar-refractivity contribution in [2.45, 2.75) is 237 Å². The Kier molecular flexibility index (Phi) is 30.2. The van der Waals surface area contributed by atoms with Crippen LogP contribution in [0.3, 0.4) is 0 Å². The van der Waals surface area contributed by atoms with Crippen molar-refractivity contribution in [3.05, 3.63) is 34.3 Å². The molecule has 100 heavy (non-hydrogen) atoms. The van der Waals surface area contributed by atoms with E-state index < -0.39 is 167 Å². The van der Waals surface area contributed by atoms with Crippen LogP contribution in [0, 0.1) is 17.8 Å². The number of aryl methyl sites for hydroxylation is 1. The SMILES string of the molecule is CCCOC[C@H]1C(=O)N(C)CC(=O)N[C@@H](CCc2ccc(C(F)(F)F)c(Cl)c2)C(=O)N2CCC[C@H]2C(=O)NC2(CCCC2)C(=O)N(C)[C@@H]([C@@H](C)CC)C(O)N(C)[C@H](C(=O)N2CCCCC2)CC(=O)N(C)[C@@H](CC(C)C)C(=O)CN[C@@H]([C@@H](C)CC)C(=O)N(C)[C@@H](C)C(=O)N2CC[C@H]2C(=O)N1C. The highest BCUT2D eigenvalue weighted by Gasteiger charge is 2.51. The molecule has 0 bridgehead atoms. The normalized spacial score (nSPS) is 28.1. The average Bonchev–Trinajstić information content (AvgIpc) is 1.30. The lowest BCUT2D eigenvalue weighted by Crippen LogP contribution is -2.66. The van der Waals surface area contributed by atoms with Crippen molar-refractivity contribution in [1.29, 1.82) is 0 Å². The van der Waals surface area contributed by atoms with Crippen LogP contribution in [0.1, 0.15) is 169 Å². The van der Waals surface area contributed by atoms with Gasteiger partial charge in [0.25, 0.3) is 0 Å². The van der Waals surface area contributed by atoms with Crippen molar-refractivity contribution in [2.75, 3.05) is 94.8 Å². The first-order valence-corrected chi connectivity index (χ1v) is 36.4. The molecule has 0 radical (unpaired) electrons. The Morgan fingerprint density at radius 3 is 1.95 bits per heavy atom. The number of aliphatic hydroxyl groups excluding tert-OH is 1. The molecule has 1 aromatic carbocycles. The Labute approximate surface area is 593 Å². The highest BCUT2D eigenvalue weighted by atomic mass is 35.5. The summed E-state index contributed by atoms with van der Waals surface area (Å²) in [6.45, 7) is 14.4. The van der Waals surface area contributed by atoms with Crippen LogP contribution in [0.4, 0.5) is 13.2 Å². The molecule has 4 aliphatic heterocycles. The van der Waals surface area contributed by atoms with Crippen LogP contribution in [0.2, 0.25) is 5.02 Å². The van der Waals surface area contributed by atoms with E-state index in [9.17, 15) is 47.0 Å². The fraction of sp³-hybridized carbons (Fsp3) is 0.761. The zero-order chi connectivity index (χ0) is 74.4. The van der Waals surface area contributed by atoms with Crippen LogP contribution in [0.25, 0.3) is 0 Å². The minimum Gasteiger partial charge on any atom is -0.379 e. The number of nitrogens with one attached hydrogen (secondary N) is 3. The number of piperidine rings is 1. The van der Waals surface area contributed by atoms with E-state index in [1.807, 2.05) is 48.5 Å². The van der Waals surface area contributed by atoms with Crippen molar-refractivity contribution < 1.29 is 75.8 Å². The number of carbonyl (C=O) groups is 11. The van der Waals surface area contributed by atoms with Crippen LogP contribution in [-0.2, 0) is 70.1 Å². The molecule has 562 valence electrons. The third kappa shape index (κ3) is 19.8. The molecule has 1 aliphatic carbocycles. The minimum absolute atomic E-state index is 0.0288. The van der Waals surface area contributed by atoms with Gasteiger partial charge < -0.3 is 59.7 Å². The Balaban J connectivity index is 1.43. The molecule has 6 rings (SSSR count). The molecule has 4 saturated heterocycles. The number of hydrogen-bond acceptors (Lipinski definition) is 15. The number of aliphatic hydroxyl groups is 1. The second-order valence-corrected chi connectivity index (χ2v) is 29.4. The third-order valence-corrected chi connectivity index (χ3v) is 21.9. The predicted molar refractivity (Wildman–Crippen MR) is 369 cm³/mol. The second-order valence-electron chi connectivity index (χ2n) is 29.0. The topological polar surface area (TPSA) is 282 Å². The second kappa shape index (κ2) is 36.6. The van der Waals surface area contributed by atoms with Gasteiger partial charge in [-0.3, -0.25) is 63.0 Å². The summed E-state index contributed by atoms with van der Waals surface area (Å²) in [6, 6.07) is -7.42. The van der Waals surface area contributed by atoms with Gasteiger partial charge in [-0.1, -0.05) is 91.8 Å². The molecule has 1 aromatic rings. The lowest BCUT2D eigenvalue weighted by molar-refractivity contribution is -0.161. The quantitative estimate of drug-likeness (QED) is 0.184. The molecule has 0 aromatic heterocycles. The summed E-state index contributed by atoms with van der Waals surface area (Å²) in [5, 5.41) is 21.2. The van der Waals surface area contributed by atoms with E-state index in [4.69, 9.17) is 16.3 Å². The molecule has 4 N–H and O–H groups in total. The summed E-state index contributed by atoms with van der Waals surface area (Å²) in [6.07, 6.45) is -1.09. The molecule has 4 heterocycles. The molecular formula is C71H112ClF3N12O13. The number of nitrogens with zero attached hydrogens (tertiary/aromatic N) is 9. The number of amides is 10. The zero-order valence-corrected chi connectivity index (χ0v) is 62.1. The lowest BCUT2D eigenvalue weighted by Gasteiger charge is -2.45. The number of benzene rings is 1. The number of hydrogen-bond donors (Lipinski definition) is 4. The van der Waals surface area contributed by atoms with Crippen LogP contribution in [-0.4, -0.2) is 275 Å². The number of rotatable bonds is 14. The fourth-order valence-corrected chi connectivity index (χ4v) is 14.9. The highest BCUT2D eigenvalue weighted by molar-refractivity contribution is 6.31. The maximum absolute atomic E-state index is 15.6. The smallest absolute Gasteiger partial charge is 0.379 e. The minimum atomic E-state index is -4.76. The summed E-state index contributed by atoms with van der Waals surface area (Å²) >= 11 is 6.14. The molecule has 5 aliphatic rings. The number of halogens is 4. The Bertz CT molecular complexity index is 3060.